The van der Waals surface area contributed by atoms with Crippen molar-refractivity contribution in [2.45, 2.75) is 17.2 Å². The monoisotopic (exact) mass is 538 g/mol. The van der Waals surface area contributed by atoms with Crippen LogP contribution in [0.5, 0.6) is 5.75 Å². The van der Waals surface area contributed by atoms with Crippen LogP contribution >= 0.6 is 35.3 Å². The van der Waals surface area contributed by atoms with Crippen LogP contribution < -0.4 is 15.4 Å². The summed E-state index contributed by atoms with van der Waals surface area (Å²) in [5.41, 5.74) is 0. The number of sulfonamides is 1. The van der Waals surface area contributed by atoms with Gasteiger partial charge in [-0.05, 0) is 30.7 Å². The molecule has 2 N–H and O–H groups in total. The number of para-hydroxylation sites is 1. The minimum atomic E-state index is -3.38. The molecule has 0 amide bonds. The fraction of sp³-hybridized carbons (Fsp3) is 0.389. The van der Waals surface area contributed by atoms with E-state index in [0.717, 1.165) is 23.6 Å². The minimum Gasteiger partial charge on any atom is -0.494 e. The Morgan fingerprint density at radius 3 is 2.50 bits per heavy atom. The van der Waals surface area contributed by atoms with Gasteiger partial charge in [-0.25, -0.2) is 12.7 Å². The fourth-order valence-electron chi connectivity index (χ4n) is 2.15. The second kappa shape index (κ2) is 12.2. The van der Waals surface area contributed by atoms with E-state index in [4.69, 9.17) is 4.74 Å². The van der Waals surface area contributed by atoms with Crippen molar-refractivity contribution in [2.24, 2.45) is 4.99 Å². The first-order valence-electron chi connectivity index (χ1n) is 8.57. The summed E-state index contributed by atoms with van der Waals surface area (Å²) in [4.78, 5) is 5.10. The average molecular weight is 538 g/mol. The summed E-state index contributed by atoms with van der Waals surface area (Å²) in [6, 6.07) is 13.2. The number of guanidine groups is 1. The molecule has 0 aliphatic carbocycles. The standard InChI is InChI=1S/C18H26N4O3S2.HI/c1-19-18(20-12-7-13-25-15-8-5-4-6-9-15)21-14-16-10-11-17(26-16)27(23,24)22(2)3;/h4-6,8-11H,7,12-14H2,1-3H3,(H2,19,20,21);1H. The van der Waals surface area contributed by atoms with Crippen molar-refractivity contribution in [1.82, 2.24) is 14.9 Å². The molecule has 0 saturated heterocycles. The second-order valence-corrected chi connectivity index (χ2v) is 9.42. The van der Waals surface area contributed by atoms with E-state index in [2.05, 4.69) is 15.6 Å². The lowest BCUT2D eigenvalue weighted by atomic mass is 10.3. The van der Waals surface area contributed by atoms with Gasteiger partial charge in [0, 0.05) is 32.6 Å². The maximum Gasteiger partial charge on any atom is 0.252 e. The molecule has 1 aromatic carbocycles. The Bertz CT molecular complexity index is 840. The Hall–Kier alpha value is -1.37. The van der Waals surface area contributed by atoms with Crippen LogP contribution in [0.15, 0.2) is 51.7 Å². The van der Waals surface area contributed by atoms with Crippen LogP contribution in [0.3, 0.4) is 0 Å². The van der Waals surface area contributed by atoms with Crippen LogP contribution in [0.2, 0.25) is 0 Å². The Labute approximate surface area is 188 Å². The maximum absolute atomic E-state index is 12.1. The summed E-state index contributed by atoms with van der Waals surface area (Å²) in [5, 5.41) is 6.41. The molecule has 0 atom stereocenters. The van der Waals surface area contributed by atoms with Crippen molar-refractivity contribution in [3.05, 3.63) is 47.3 Å². The van der Waals surface area contributed by atoms with Gasteiger partial charge in [0.2, 0.25) is 0 Å². The molecule has 2 aromatic rings. The zero-order valence-corrected chi connectivity index (χ0v) is 20.2. The number of nitrogens with zero attached hydrogens (tertiary/aromatic N) is 2. The zero-order chi connectivity index (χ0) is 19.7. The van der Waals surface area contributed by atoms with Gasteiger partial charge < -0.3 is 15.4 Å². The molecule has 156 valence electrons. The third-order valence-corrected chi connectivity index (χ3v) is 7.02. The molecule has 7 nitrogen and oxygen atoms in total. The lowest BCUT2D eigenvalue weighted by Gasteiger charge is -2.12. The quantitative estimate of drug-likeness (QED) is 0.222. The first-order valence-corrected chi connectivity index (χ1v) is 10.8. The van der Waals surface area contributed by atoms with Gasteiger partial charge in [-0.2, -0.15) is 0 Å². The minimum absolute atomic E-state index is 0. The first kappa shape index (κ1) is 24.7. The number of rotatable bonds is 9. The predicted octanol–water partition coefficient (Wildman–Crippen LogP) is 2.75. The summed E-state index contributed by atoms with van der Waals surface area (Å²) in [5.74, 6) is 1.53. The summed E-state index contributed by atoms with van der Waals surface area (Å²) in [6.45, 7) is 1.84. The molecule has 0 fully saturated rings. The molecule has 0 spiro atoms. The van der Waals surface area contributed by atoms with Crippen molar-refractivity contribution in [3.63, 3.8) is 0 Å². The smallest absolute Gasteiger partial charge is 0.252 e. The molecule has 10 heteroatoms. The van der Waals surface area contributed by atoms with Gasteiger partial charge in [0.1, 0.15) is 9.96 Å². The summed E-state index contributed by atoms with van der Waals surface area (Å²) >= 11 is 1.26. The number of ether oxygens (including phenoxy) is 1. The molecular weight excluding hydrogens is 511 g/mol. The highest BCUT2D eigenvalue weighted by molar-refractivity contribution is 14.0. The van der Waals surface area contributed by atoms with E-state index in [9.17, 15) is 8.42 Å². The van der Waals surface area contributed by atoms with Crippen LogP contribution in [0.25, 0.3) is 0 Å². The second-order valence-electron chi connectivity index (χ2n) is 5.88. The highest BCUT2D eigenvalue weighted by atomic mass is 127. The van der Waals surface area contributed by atoms with Gasteiger partial charge in [-0.3, -0.25) is 4.99 Å². The van der Waals surface area contributed by atoms with Gasteiger partial charge in [-0.15, -0.1) is 35.3 Å². The van der Waals surface area contributed by atoms with Crippen molar-refractivity contribution in [3.8, 4) is 5.75 Å². The summed E-state index contributed by atoms with van der Waals surface area (Å²) < 4.78 is 31.4. The van der Waals surface area contributed by atoms with E-state index in [-0.39, 0.29) is 24.0 Å². The maximum atomic E-state index is 12.1. The molecule has 0 bridgehead atoms. The van der Waals surface area contributed by atoms with E-state index >= 15 is 0 Å². The fourth-order valence-corrected chi connectivity index (χ4v) is 4.61. The van der Waals surface area contributed by atoms with Gasteiger partial charge in [0.25, 0.3) is 10.0 Å². The first-order chi connectivity index (χ1) is 12.9. The van der Waals surface area contributed by atoms with Gasteiger partial charge >= 0.3 is 0 Å². The van der Waals surface area contributed by atoms with Crippen LogP contribution in [0.4, 0.5) is 0 Å². The van der Waals surface area contributed by atoms with E-state index in [0.29, 0.717) is 23.3 Å². The Balaban J connectivity index is 0.00000392. The number of aliphatic imine (C=N–C) groups is 1. The van der Waals surface area contributed by atoms with E-state index < -0.39 is 10.0 Å². The number of benzene rings is 1. The Morgan fingerprint density at radius 1 is 1.14 bits per heavy atom. The van der Waals surface area contributed by atoms with Crippen LogP contribution in [0.1, 0.15) is 11.3 Å². The van der Waals surface area contributed by atoms with Crippen LogP contribution in [0, 0.1) is 0 Å². The Kier molecular flexibility index (Phi) is 10.8. The van der Waals surface area contributed by atoms with Gasteiger partial charge in [-0.1, -0.05) is 18.2 Å². The van der Waals surface area contributed by atoms with E-state index in [1.54, 1.807) is 13.1 Å². The molecule has 0 saturated carbocycles. The largest absolute Gasteiger partial charge is 0.494 e. The van der Waals surface area contributed by atoms with Crippen molar-refractivity contribution < 1.29 is 13.2 Å². The molecule has 0 unspecified atom stereocenters. The molecule has 1 heterocycles. The lowest BCUT2D eigenvalue weighted by molar-refractivity contribution is 0.311. The lowest BCUT2D eigenvalue weighted by Crippen LogP contribution is -2.37. The number of hydrogen-bond acceptors (Lipinski definition) is 5. The SMILES string of the molecule is CN=C(NCCCOc1ccccc1)NCc1ccc(S(=O)(=O)N(C)C)s1.I. The number of thiophene rings is 1. The molecular formula is C18H27IN4O3S2. The number of halogens is 1. The molecule has 0 aliphatic heterocycles. The molecule has 28 heavy (non-hydrogen) atoms. The zero-order valence-electron chi connectivity index (χ0n) is 16.2. The highest BCUT2D eigenvalue weighted by Crippen LogP contribution is 2.23. The Morgan fingerprint density at radius 2 is 1.86 bits per heavy atom. The normalized spacial score (nSPS) is 11.8. The average Bonchev–Trinajstić information content (AvgIpc) is 3.14. The molecule has 0 aliphatic rings. The summed E-state index contributed by atoms with van der Waals surface area (Å²) in [6.07, 6.45) is 0.833. The van der Waals surface area contributed by atoms with Crippen LogP contribution in [-0.4, -0.2) is 53.0 Å². The molecule has 2 rings (SSSR count). The number of nitrogens with one attached hydrogen (secondary N) is 2. The van der Waals surface area contributed by atoms with Crippen LogP contribution in [-0.2, 0) is 16.6 Å². The van der Waals surface area contributed by atoms with Crippen molar-refractivity contribution in [1.29, 1.82) is 0 Å². The van der Waals surface area contributed by atoms with Crippen molar-refractivity contribution in [2.75, 3.05) is 34.3 Å². The molecule has 0 radical (unpaired) electrons. The highest BCUT2D eigenvalue weighted by Gasteiger charge is 2.19. The van der Waals surface area contributed by atoms with Crippen molar-refractivity contribution >= 4 is 51.3 Å². The predicted molar refractivity (Wildman–Crippen MR) is 125 cm³/mol. The van der Waals surface area contributed by atoms with Gasteiger partial charge in [0.05, 0.1) is 13.2 Å². The topological polar surface area (TPSA) is 83.0 Å². The van der Waals surface area contributed by atoms with Gasteiger partial charge in [0.15, 0.2) is 5.96 Å². The van der Waals surface area contributed by atoms with E-state index in [1.165, 1.54) is 29.7 Å². The molecule has 1 aromatic heterocycles. The third kappa shape index (κ3) is 7.57. The number of hydrogen-bond donors (Lipinski definition) is 2. The third-order valence-electron chi connectivity index (χ3n) is 3.65. The summed E-state index contributed by atoms with van der Waals surface area (Å²) in [7, 11) is 1.38. The van der Waals surface area contributed by atoms with E-state index in [1.807, 2.05) is 36.4 Å².